The van der Waals surface area contributed by atoms with Crippen LogP contribution in [0.5, 0.6) is 0 Å². The van der Waals surface area contributed by atoms with Gasteiger partial charge in [0.2, 0.25) is 0 Å². The molecule has 0 spiro atoms. The standard InChI is InChI=1S/C17H18ClN3O/c1-19-15-9-16(22)21(14-4-2-13(18)3-5-14)17(20-15)12-7-10-6-11(10)8-12/h2-5,9-12,19H,6-8H2,1H3. The molecule has 2 unspecified atom stereocenters. The second kappa shape index (κ2) is 5.13. The highest BCUT2D eigenvalue weighted by molar-refractivity contribution is 6.30. The Balaban J connectivity index is 1.84. The van der Waals surface area contributed by atoms with Gasteiger partial charge in [-0.1, -0.05) is 11.6 Å². The van der Waals surface area contributed by atoms with E-state index in [-0.39, 0.29) is 5.56 Å². The van der Waals surface area contributed by atoms with Crippen molar-refractivity contribution in [1.29, 1.82) is 0 Å². The molecule has 2 atom stereocenters. The number of nitrogens with one attached hydrogen (secondary N) is 1. The van der Waals surface area contributed by atoms with Gasteiger partial charge in [-0.3, -0.25) is 9.36 Å². The Morgan fingerprint density at radius 2 is 1.86 bits per heavy atom. The lowest BCUT2D eigenvalue weighted by Crippen LogP contribution is -2.25. The van der Waals surface area contributed by atoms with Crippen molar-refractivity contribution in [3.8, 4) is 5.69 Å². The quantitative estimate of drug-likeness (QED) is 0.943. The molecule has 0 saturated heterocycles. The highest BCUT2D eigenvalue weighted by atomic mass is 35.5. The summed E-state index contributed by atoms with van der Waals surface area (Å²) >= 11 is 5.97. The van der Waals surface area contributed by atoms with E-state index in [4.69, 9.17) is 16.6 Å². The predicted octanol–water partition coefficient (Wildman–Crippen LogP) is 3.44. The van der Waals surface area contributed by atoms with Crippen LogP contribution in [0.1, 0.15) is 31.0 Å². The van der Waals surface area contributed by atoms with Crippen LogP contribution in [0.25, 0.3) is 5.69 Å². The average molecular weight is 316 g/mol. The molecule has 1 heterocycles. The first-order valence-electron chi connectivity index (χ1n) is 7.73. The van der Waals surface area contributed by atoms with Crippen LogP contribution in [0.15, 0.2) is 35.1 Å². The maximum atomic E-state index is 12.6. The number of fused-ring (bicyclic) bond motifs is 1. The highest BCUT2D eigenvalue weighted by Gasteiger charge is 2.47. The van der Waals surface area contributed by atoms with Crippen LogP contribution in [-0.4, -0.2) is 16.6 Å². The molecule has 0 amide bonds. The van der Waals surface area contributed by atoms with E-state index in [1.165, 1.54) is 6.42 Å². The van der Waals surface area contributed by atoms with Gasteiger partial charge in [0, 0.05) is 24.1 Å². The van der Waals surface area contributed by atoms with Gasteiger partial charge < -0.3 is 5.32 Å². The first-order valence-corrected chi connectivity index (χ1v) is 8.11. The zero-order valence-corrected chi connectivity index (χ0v) is 13.2. The molecule has 1 N–H and O–H groups in total. The fourth-order valence-corrected chi connectivity index (χ4v) is 3.80. The number of aromatic nitrogens is 2. The van der Waals surface area contributed by atoms with E-state index in [0.29, 0.717) is 16.8 Å². The lowest BCUT2D eigenvalue weighted by molar-refractivity contribution is 0.569. The third kappa shape index (κ3) is 2.31. The fourth-order valence-electron chi connectivity index (χ4n) is 3.68. The highest BCUT2D eigenvalue weighted by Crippen LogP contribution is 2.57. The van der Waals surface area contributed by atoms with Gasteiger partial charge in [-0.2, -0.15) is 0 Å². The Morgan fingerprint density at radius 3 is 2.50 bits per heavy atom. The molecular weight excluding hydrogens is 298 g/mol. The van der Waals surface area contributed by atoms with Gasteiger partial charge in [0.25, 0.3) is 5.56 Å². The Morgan fingerprint density at radius 1 is 1.18 bits per heavy atom. The van der Waals surface area contributed by atoms with Gasteiger partial charge in [0.05, 0.1) is 5.69 Å². The van der Waals surface area contributed by atoms with Crippen LogP contribution in [0.2, 0.25) is 5.02 Å². The van der Waals surface area contributed by atoms with Gasteiger partial charge in [0.1, 0.15) is 11.6 Å². The first kappa shape index (κ1) is 13.8. The summed E-state index contributed by atoms with van der Waals surface area (Å²) in [5.41, 5.74) is 0.789. The van der Waals surface area contributed by atoms with E-state index in [2.05, 4.69) is 5.32 Å². The molecule has 2 aliphatic rings. The van der Waals surface area contributed by atoms with Crippen molar-refractivity contribution in [2.45, 2.75) is 25.2 Å². The fraction of sp³-hybridized carbons (Fsp3) is 0.412. The lowest BCUT2D eigenvalue weighted by atomic mass is 10.0. The number of nitrogens with zero attached hydrogens (tertiary/aromatic N) is 2. The zero-order chi connectivity index (χ0) is 15.3. The Kier molecular flexibility index (Phi) is 3.22. The van der Waals surface area contributed by atoms with Gasteiger partial charge in [-0.15, -0.1) is 0 Å². The van der Waals surface area contributed by atoms with Crippen molar-refractivity contribution >= 4 is 17.4 Å². The van der Waals surface area contributed by atoms with Crippen LogP contribution in [0.4, 0.5) is 5.82 Å². The maximum absolute atomic E-state index is 12.6. The van der Waals surface area contributed by atoms with E-state index in [1.807, 2.05) is 24.3 Å². The monoisotopic (exact) mass is 315 g/mol. The number of halogens is 1. The molecule has 1 aromatic heterocycles. The molecule has 5 heteroatoms. The number of hydrogen-bond donors (Lipinski definition) is 1. The number of benzene rings is 1. The summed E-state index contributed by atoms with van der Waals surface area (Å²) < 4.78 is 1.74. The van der Waals surface area contributed by atoms with Gasteiger partial charge in [-0.25, -0.2) is 4.98 Å². The number of rotatable bonds is 3. The smallest absolute Gasteiger partial charge is 0.260 e. The average Bonchev–Trinajstić information content (AvgIpc) is 3.13. The van der Waals surface area contributed by atoms with Crippen LogP contribution in [0.3, 0.4) is 0 Å². The van der Waals surface area contributed by atoms with Crippen LogP contribution < -0.4 is 10.9 Å². The topological polar surface area (TPSA) is 46.9 Å². The second-order valence-corrected chi connectivity index (χ2v) is 6.76. The molecule has 2 saturated carbocycles. The maximum Gasteiger partial charge on any atom is 0.260 e. The third-order valence-electron chi connectivity index (χ3n) is 4.89. The van der Waals surface area contributed by atoms with E-state index in [0.717, 1.165) is 36.2 Å². The molecule has 114 valence electrons. The Bertz CT molecular complexity index is 758. The molecule has 0 bridgehead atoms. The summed E-state index contributed by atoms with van der Waals surface area (Å²) in [7, 11) is 1.80. The van der Waals surface area contributed by atoms with Crippen LogP contribution in [0, 0.1) is 11.8 Å². The zero-order valence-electron chi connectivity index (χ0n) is 12.4. The van der Waals surface area contributed by atoms with Crippen molar-refractivity contribution in [2.24, 2.45) is 11.8 Å². The normalized spacial score (nSPS) is 25.8. The Labute approximate surface area is 134 Å². The summed E-state index contributed by atoms with van der Waals surface area (Å²) in [5.74, 6) is 3.59. The van der Waals surface area contributed by atoms with E-state index in [1.54, 1.807) is 17.7 Å². The van der Waals surface area contributed by atoms with E-state index in [9.17, 15) is 4.79 Å². The van der Waals surface area contributed by atoms with E-state index < -0.39 is 0 Å². The minimum absolute atomic E-state index is 0.0442. The van der Waals surface area contributed by atoms with Crippen LogP contribution >= 0.6 is 11.6 Å². The summed E-state index contributed by atoms with van der Waals surface area (Å²) in [6.07, 6.45) is 3.66. The molecule has 4 rings (SSSR count). The predicted molar refractivity (Wildman–Crippen MR) is 88.0 cm³/mol. The largest absolute Gasteiger partial charge is 0.373 e. The van der Waals surface area contributed by atoms with E-state index >= 15 is 0 Å². The lowest BCUT2D eigenvalue weighted by Gasteiger charge is -2.19. The van der Waals surface area contributed by atoms with Crippen molar-refractivity contribution in [1.82, 2.24) is 9.55 Å². The second-order valence-electron chi connectivity index (χ2n) is 6.32. The van der Waals surface area contributed by atoms with Gasteiger partial charge >= 0.3 is 0 Å². The summed E-state index contributed by atoms with van der Waals surface area (Å²) in [6, 6.07) is 8.93. The minimum atomic E-state index is -0.0442. The molecule has 2 fully saturated rings. The number of anilines is 1. The third-order valence-corrected chi connectivity index (χ3v) is 5.15. The molecular formula is C17H18ClN3O. The van der Waals surface area contributed by atoms with Crippen molar-refractivity contribution in [3.05, 3.63) is 51.5 Å². The summed E-state index contributed by atoms with van der Waals surface area (Å²) in [5, 5.41) is 3.66. The molecule has 0 aliphatic heterocycles. The van der Waals surface area contributed by atoms with Gasteiger partial charge in [0.15, 0.2) is 0 Å². The molecule has 22 heavy (non-hydrogen) atoms. The molecule has 0 radical (unpaired) electrons. The molecule has 4 nitrogen and oxygen atoms in total. The Hall–Kier alpha value is -1.81. The van der Waals surface area contributed by atoms with Crippen molar-refractivity contribution in [2.75, 3.05) is 12.4 Å². The summed E-state index contributed by atoms with van der Waals surface area (Å²) in [6.45, 7) is 0. The molecule has 2 aromatic rings. The van der Waals surface area contributed by atoms with Crippen LogP contribution in [-0.2, 0) is 0 Å². The van der Waals surface area contributed by atoms with Gasteiger partial charge in [-0.05, 0) is 55.4 Å². The first-order chi connectivity index (χ1) is 10.7. The minimum Gasteiger partial charge on any atom is -0.373 e. The van der Waals surface area contributed by atoms with Crippen molar-refractivity contribution < 1.29 is 0 Å². The SMILES string of the molecule is CNc1cc(=O)n(-c2ccc(Cl)cc2)c(C2CC3CC3C2)n1. The summed E-state index contributed by atoms with van der Waals surface area (Å²) in [4.78, 5) is 17.3. The molecule has 2 aliphatic carbocycles. The molecule has 1 aromatic carbocycles. The number of hydrogen-bond acceptors (Lipinski definition) is 3. The van der Waals surface area contributed by atoms with Crippen molar-refractivity contribution in [3.63, 3.8) is 0 Å².